The average molecular weight is 469 g/mol. The Morgan fingerprint density at radius 3 is 2.90 bits per heavy atom. The van der Waals surface area contributed by atoms with Crippen LogP contribution in [0.1, 0.15) is 18.2 Å². The molecule has 3 aromatic heterocycles. The van der Waals surface area contributed by atoms with Gasteiger partial charge in [0.1, 0.15) is 5.65 Å². The Bertz CT molecular complexity index is 1370. The van der Waals surface area contributed by atoms with Gasteiger partial charge in [0.25, 0.3) is 0 Å². The molecule has 1 aromatic carbocycles. The number of aromatic amines is 1. The van der Waals surface area contributed by atoms with Crippen LogP contribution in [0.5, 0.6) is 0 Å². The maximum Gasteiger partial charge on any atom is 0.216 e. The lowest BCUT2D eigenvalue weighted by Crippen LogP contribution is -2.15. The van der Waals surface area contributed by atoms with Crippen molar-refractivity contribution in [3.05, 3.63) is 73.3 Å². The lowest BCUT2D eigenvalue weighted by Gasteiger charge is -2.11. The zero-order valence-corrected chi connectivity index (χ0v) is 18.2. The summed E-state index contributed by atoms with van der Waals surface area (Å²) in [4.78, 5) is 17.7. The van der Waals surface area contributed by atoms with Crippen molar-refractivity contribution in [2.75, 3.05) is 0 Å². The number of H-pyrrole nitrogens is 1. The van der Waals surface area contributed by atoms with Gasteiger partial charge in [0.2, 0.25) is 10.2 Å². The topological polar surface area (TPSA) is 80.9 Å². The molecule has 0 saturated carbocycles. The van der Waals surface area contributed by atoms with E-state index in [1.54, 1.807) is 18.5 Å². The highest BCUT2D eigenvalue weighted by Gasteiger charge is 2.17. The van der Waals surface area contributed by atoms with Gasteiger partial charge in [0.05, 0.1) is 17.2 Å². The van der Waals surface area contributed by atoms with Gasteiger partial charge in [-0.05, 0) is 55.9 Å². The van der Waals surface area contributed by atoms with Crippen LogP contribution in [0.3, 0.4) is 0 Å². The van der Waals surface area contributed by atoms with Crippen LogP contribution < -0.4 is 5.43 Å². The second-order valence-corrected chi connectivity index (χ2v) is 7.75. The molecule has 0 aliphatic rings. The minimum Gasteiger partial charge on any atom is -0.332 e. The van der Waals surface area contributed by atoms with E-state index in [-0.39, 0.29) is 5.43 Å². The number of halogens is 1. The number of pyridine rings is 2. The molecule has 0 atom stereocenters. The lowest BCUT2D eigenvalue weighted by molar-refractivity contribution is 0.773. The third-order valence-corrected chi connectivity index (χ3v) is 5.22. The summed E-state index contributed by atoms with van der Waals surface area (Å²) in [6.07, 6.45) is 3.43. The van der Waals surface area contributed by atoms with Crippen molar-refractivity contribution < 1.29 is 0 Å². The molecule has 4 rings (SSSR count). The fourth-order valence-electron chi connectivity index (χ4n) is 3.04. The first-order chi connectivity index (χ1) is 14.0. The van der Waals surface area contributed by atoms with Crippen LogP contribution in [0.2, 0.25) is 0 Å². The van der Waals surface area contributed by atoms with E-state index >= 15 is 0 Å². The quantitative estimate of drug-likeness (QED) is 0.357. The van der Waals surface area contributed by atoms with Gasteiger partial charge in [-0.2, -0.15) is 14.9 Å². The molecule has 4 aromatic rings. The summed E-state index contributed by atoms with van der Waals surface area (Å²) in [6, 6.07) is 11.3. The minimum atomic E-state index is -0.162. The van der Waals surface area contributed by atoms with Crippen molar-refractivity contribution in [2.45, 2.75) is 20.4 Å². The lowest BCUT2D eigenvalue weighted by atomic mass is 10.1. The molecule has 1 N–H and O–H groups in total. The van der Waals surface area contributed by atoms with E-state index in [0.29, 0.717) is 33.7 Å². The summed E-state index contributed by atoms with van der Waals surface area (Å²) in [5, 5.41) is 12.0. The third-order valence-electron chi connectivity index (χ3n) is 4.46. The predicted molar refractivity (Wildman–Crippen MR) is 120 cm³/mol. The molecule has 0 amide bonds. The van der Waals surface area contributed by atoms with E-state index in [1.807, 2.05) is 48.7 Å². The Balaban J connectivity index is 1.90. The highest BCUT2D eigenvalue weighted by Crippen LogP contribution is 2.19. The molecule has 0 spiro atoms. The van der Waals surface area contributed by atoms with Crippen LogP contribution in [-0.4, -0.2) is 30.6 Å². The Hall–Kier alpha value is -2.91. The normalized spacial score (nSPS) is 11.6. The molecule has 0 aliphatic heterocycles. The van der Waals surface area contributed by atoms with Crippen LogP contribution in [0.25, 0.3) is 22.4 Å². The van der Waals surface area contributed by atoms with Crippen molar-refractivity contribution in [1.82, 2.24) is 24.4 Å². The van der Waals surface area contributed by atoms with Crippen molar-refractivity contribution in [1.29, 1.82) is 0 Å². The van der Waals surface area contributed by atoms with E-state index in [0.717, 1.165) is 15.7 Å². The Morgan fingerprint density at radius 1 is 1.31 bits per heavy atom. The van der Waals surface area contributed by atoms with E-state index in [4.69, 9.17) is 12.2 Å². The number of rotatable bonds is 4. The van der Waals surface area contributed by atoms with Gasteiger partial charge in [-0.25, -0.2) is 10.1 Å². The average Bonchev–Trinajstić information content (AvgIpc) is 3.07. The van der Waals surface area contributed by atoms with Crippen LogP contribution in [0, 0.1) is 11.7 Å². The van der Waals surface area contributed by atoms with Crippen LogP contribution in [-0.2, 0) is 6.54 Å². The Labute approximate surface area is 179 Å². The monoisotopic (exact) mass is 468 g/mol. The van der Waals surface area contributed by atoms with Crippen molar-refractivity contribution in [3.63, 3.8) is 0 Å². The first kappa shape index (κ1) is 19.4. The summed E-state index contributed by atoms with van der Waals surface area (Å²) < 4.78 is 4.64. The van der Waals surface area contributed by atoms with Gasteiger partial charge in [0, 0.05) is 22.9 Å². The summed E-state index contributed by atoms with van der Waals surface area (Å²) in [6.45, 7) is 4.56. The van der Waals surface area contributed by atoms with Gasteiger partial charge >= 0.3 is 0 Å². The standard InChI is InChI=1S/C20H17BrN6OS/c1-3-26-11-16(17(28)15-8-7-12(2)23-18(15)26)19-24-25-20(29)27(19)22-10-13-5-4-6-14(21)9-13/h4-11H,3H2,1-2H3,(H,25,29)/b22-10+. The van der Waals surface area contributed by atoms with E-state index in [1.165, 1.54) is 4.68 Å². The van der Waals surface area contributed by atoms with Crippen LogP contribution in [0.4, 0.5) is 0 Å². The molecule has 146 valence electrons. The van der Waals surface area contributed by atoms with Gasteiger partial charge in [-0.3, -0.25) is 4.79 Å². The largest absolute Gasteiger partial charge is 0.332 e. The molecule has 0 unspecified atom stereocenters. The maximum absolute atomic E-state index is 13.2. The highest BCUT2D eigenvalue weighted by atomic mass is 79.9. The molecule has 0 radical (unpaired) electrons. The van der Waals surface area contributed by atoms with Crippen molar-refractivity contribution in [3.8, 4) is 11.4 Å². The molecule has 7 nitrogen and oxygen atoms in total. The molecule has 0 saturated heterocycles. The summed E-state index contributed by atoms with van der Waals surface area (Å²) in [7, 11) is 0. The first-order valence-electron chi connectivity index (χ1n) is 8.96. The second-order valence-electron chi connectivity index (χ2n) is 6.45. The van der Waals surface area contributed by atoms with Crippen LogP contribution in [0.15, 0.2) is 57.0 Å². The molecule has 0 bridgehead atoms. The molecular formula is C20H17BrN6OS. The number of aromatic nitrogens is 5. The zero-order valence-electron chi connectivity index (χ0n) is 15.8. The highest BCUT2D eigenvalue weighted by molar-refractivity contribution is 9.10. The smallest absolute Gasteiger partial charge is 0.216 e. The first-order valence-corrected chi connectivity index (χ1v) is 10.2. The molecular weight excluding hydrogens is 452 g/mol. The second kappa shape index (κ2) is 7.84. The summed E-state index contributed by atoms with van der Waals surface area (Å²) >= 11 is 8.77. The number of nitrogens with zero attached hydrogens (tertiary/aromatic N) is 5. The molecule has 0 fully saturated rings. The Morgan fingerprint density at radius 2 is 2.14 bits per heavy atom. The van der Waals surface area contributed by atoms with Gasteiger partial charge in [-0.15, -0.1) is 0 Å². The Kier molecular flexibility index (Phi) is 5.25. The minimum absolute atomic E-state index is 0.162. The van der Waals surface area contributed by atoms with E-state index in [9.17, 15) is 4.79 Å². The molecule has 29 heavy (non-hydrogen) atoms. The number of fused-ring (bicyclic) bond motifs is 1. The molecule has 9 heteroatoms. The predicted octanol–water partition coefficient (Wildman–Crippen LogP) is 4.29. The van der Waals surface area contributed by atoms with Gasteiger partial charge in [0.15, 0.2) is 5.82 Å². The summed E-state index contributed by atoms with van der Waals surface area (Å²) in [5.41, 5.74) is 2.64. The van der Waals surface area contributed by atoms with Crippen molar-refractivity contribution in [2.24, 2.45) is 5.10 Å². The number of nitrogens with one attached hydrogen (secondary N) is 1. The number of benzene rings is 1. The molecule has 0 aliphatic carbocycles. The van der Waals surface area contributed by atoms with E-state index in [2.05, 4.69) is 36.2 Å². The number of aryl methyl sites for hydroxylation is 2. The zero-order chi connectivity index (χ0) is 20.5. The third kappa shape index (κ3) is 3.70. The fraction of sp³-hybridized carbons (Fsp3) is 0.150. The SMILES string of the molecule is CCn1cc(-c2n[nH]c(=S)n2/N=C/c2cccc(Br)c2)c(=O)c2ccc(C)nc21. The summed E-state index contributed by atoms with van der Waals surface area (Å²) in [5.74, 6) is 0.357. The van der Waals surface area contributed by atoms with Gasteiger partial charge in [-0.1, -0.05) is 28.1 Å². The maximum atomic E-state index is 13.2. The van der Waals surface area contributed by atoms with Gasteiger partial charge < -0.3 is 4.57 Å². The number of hydrogen-bond acceptors (Lipinski definition) is 5. The van der Waals surface area contributed by atoms with Crippen molar-refractivity contribution >= 4 is 45.4 Å². The van der Waals surface area contributed by atoms with E-state index < -0.39 is 0 Å². The number of hydrogen-bond donors (Lipinski definition) is 1. The molecule has 3 heterocycles. The fourth-order valence-corrected chi connectivity index (χ4v) is 3.64. The van der Waals surface area contributed by atoms with Crippen LogP contribution >= 0.6 is 28.1 Å².